The van der Waals surface area contributed by atoms with Crippen molar-refractivity contribution in [2.24, 2.45) is 0 Å². The predicted molar refractivity (Wildman–Crippen MR) is 57.2 cm³/mol. The SMILES string of the molecule is [2H]C([2H])([2H])N(C(=O)CCl)c1ccc([N+](=O)[O-])cc1. The lowest BCUT2D eigenvalue weighted by molar-refractivity contribution is -0.384. The van der Waals surface area contributed by atoms with Crippen LogP contribution in [0.15, 0.2) is 24.3 Å². The highest BCUT2D eigenvalue weighted by molar-refractivity contribution is 6.29. The molecular weight excluding hydrogens is 220 g/mol. The van der Waals surface area contributed by atoms with Gasteiger partial charge in [-0.15, -0.1) is 11.6 Å². The Balaban J connectivity index is 3.14. The lowest BCUT2D eigenvalue weighted by Gasteiger charge is -2.15. The van der Waals surface area contributed by atoms with E-state index in [9.17, 15) is 14.9 Å². The van der Waals surface area contributed by atoms with Gasteiger partial charge in [0.25, 0.3) is 5.69 Å². The average molecular weight is 232 g/mol. The molecule has 0 fully saturated rings. The Labute approximate surface area is 95.6 Å². The quantitative estimate of drug-likeness (QED) is 0.453. The third-order valence-corrected chi connectivity index (χ3v) is 1.91. The number of non-ortho nitro benzene ring substituents is 1. The number of benzene rings is 1. The highest BCUT2D eigenvalue weighted by Gasteiger charge is 2.11. The fourth-order valence-electron chi connectivity index (χ4n) is 0.927. The Hall–Kier alpha value is -1.62. The first-order valence-corrected chi connectivity index (χ1v) is 4.44. The second kappa shape index (κ2) is 4.75. The Bertz CT molecular complexity index is 461. The van der Waals surface area contributed by atoms with E-state index in [2.05, 4.69) is 0 Å². The van der Waals surface area contributed by atoms with Crippen LogP contribution in [0.4, 0.5) is 11.4 Å². The van der Waals surface area contributed by atoms with Gasteiger partial charge in [0.05, 0.1) is 4.92 Å². The van der Waals surface area contributed by atoms with E-state index in [1.54, 1.807) is 0 Å². The fourth-order valence-corrected chi connectivity index (χ4v) is 1.05. The van der Waals surface area contributed by atoms with E-state index >= 15 is 0 Å². The van der Waals surface area contributed by atoms with Gasteiger partial charge < -0.3 is 4.90 Å². The zero-order valence-corrected chi connectivity index (χ0v) is 8.27. The van der Waals surface area contributed by atoms with E-state index in [-0.39, 0.29) is 11.4 Å². The number of rotatable bonds is 3. The van der Waals surface area contributed by atoms with Gasteiger partial charge in [-0.25, -0.2) is 0 Å². The smallest absolute Gasteiger partial charge is 0.269 e. The standard InChI is InChI=1S/C9H9ClN2O3/c1-11(9(13)6-10)7-2-4-8(5-3-7)12(14)15/h2-5H,6H2,1H3/i1D3. The molecule has 0 spiro atoms. The van der Waals surface area contributed by atoms with Crippen LogP contribution < -0.4 is 4.90 Å². The van der Waals surface area contributed by atoms with Crippen molar-refractivity contribution in [1.82, 2.24) is 0 Å². The van der Waals surface area contributed by atoms with Gasteiger partial charge in [0, 0.05) is 28.9 Å². The van der Waals surface area contributed by atoms with Crippen molar-refractivity contribution in [2.75, 3.05) is 17.8 Å². The molecule has 0 aliphatic carbocycles. The van der Waals surface area contributed by atoms with Crippen molar-refractivity contribution in [1.29, 1.82) is 0 Å². The number of anilines is 1. The summed E-state index contributed by atoms with van der Waals surface area (Å²) in [6.45, 7) is -2.69. The molecule has 0 radical (unpaired) electrons. The molecule has 0 aromatic heterocycles. The second-order valence-electron chi connectivity index (χ2n) is 2.64. The molecule has 0 heterocycles. The average Bonchev–Trinajstić information content (AvgIpc) is 2.27. The third-order valence-electron chi connectivity index (χ3n) is 1.68. The lowest BCUT2D eigenvalue weighted by Crippen LogP contribution is -2.27. The molecule has 0 saturated heterocycles. The van der Waals surface area contributed by atoms with Gasteiger partial charge in [0.15, 0.2) is 0 Å². The molecule has 1 aromatic carbocycles. The minimum absolute atomic E-state index is 0.0336. The van der Waals surface area contributed by atoms with E-state index in [0.29, 0.717) is 4.90 Å². The van der Waals surface area contributed by atoms with Gasteiger partial charge >= 0.3 is 0 Å². The summed E-state index contributed by atoms with van der Waals surface area (Å²) in [5, 5.41) is 10.5. The van der Waals surface area contributed by atoms with Crippen molar-refractivity contribution in [3.63, 3.8) is 0 Å². The predicted octanol–water partition coefficient (Wildman–Crippen LogP) is 1.80. The first-order chi connectivity index (χ1) is 8.27. The van der Waals surface area contributed by atoms with Gasteiger partial charge in [-0.1, -0.05) is 0 Å². The van der Waals surface area contributed by atoms with Crippen LogP contribution in [0.5, 0.6) is 0 Å². The summed E-state index contributed by atoms with van der Waals surface area (Å²) in [6.07, 6.45) is 0. The number of amides is 1. The number of nitrogens with zero attached hydrogens (tertiary/aromatic N) is 2. The van der Waals surface area contributed by atoms with Crippen molar-refractivity contribution >= 4 is 28.9 Å². The number of carbonyl (C=O) groups excluding carboxylic acids is 1. The summed E-state index contributed by atoms with van der Waals surface area (Å²) in [4.78, 5) is 21.9. The number of hydrogen-bond acceptors (Lipinski definition) is 3. The minimum atomic E-state index is -2.69. The summed E-state index contributed by atoms with van der Waals surface area (Å²) in [7, 11) is 0. The maximum Gasteiger partial charge on any atom is 0.269 e. The first-order valence-electron chi connectivity index (χ1n) is 5.41. The molecule has 1 aromatic rings. The Morgan fingerprint density at radius 1 is 1.60 bits per heavy atom. The summed E-state index contributed by atoms with van der Waals surface area (Å²) >= 11 is 5.33. The molecule has 1 rings (SSSR count). The number of hydrogen-bond donors (Lipinski definition) is 0. The Kier molecular flexibility index (Phi) is 2.42. The summed E-state index contributed by atoms with van der Waals surface area (Å²) < 4.78 is 21.7. The van der Waals surface area contributed by atoms with E-state index < -0.39 is 23.7 Å². The molecule has 80 valence electrons. The van der Waals surface area contributed by atoms with Gasteiger partial charge in [0.1, 0.15) is 5.88 Å². The Morgan fingerprint density at radius 3 is 2.60 bits per heavy atom. The third kappa shape index (κ3) is 2.66. The highest BCUT2D eigenvalue weighted by atomic mass is 35.5. The molecule has 0 atom stereocenters. The summed E-state index contributed by atoms with van der Waals surface area (Å²) in [6, 6.07) is 4.62. The van der Waals surface area contributed by atoms with Crippen LogP contribution in [0, 0.1) is 10.1 Å². The van der Waals surface area contributed by atoms with Crippen molar-refractivity contribution < 1.29 is 13.8 Å². The van der Waals surface area contributed by atoms with Gasteiger partial charge in [0.2, 0.25) is 5.91 Å². The number of alkyl halides is 1. The topological polar surface area (TPSA) is 63.5 Å². The zero-order chi connectivity index (χ0) is 13.9. The fraction of sp³-hybridized carbons (Fsp3) is 0.222. The van der Waals surface area contributed by atoms with E-state index in [4.69, 9.17) is 15.7 Å². The van der Waals surface area contributed by atoms with Gasteiger partial charge in [-0.05, 0) is 12.1 Å². The van der Waals surface area contributed by atoms with Gasteiger partial charge in [-0.3, -0.25) is 14.9 Å². The van der Waals surface area contributed by atoms with Crippen LogP contribution in [-0.4, -0.2) is 23.7 Å². The van der Waals surface area contributed by atoms with Crippen LogP contribution in [0.3, 0.4) is 0 Å². The first kappa shape index (κ1) is 7.64. The van der Waals surface area contributed by atoms with E-state index in [1.165, 1.54) is 12.1 Å². The molecule has 0 unspecified atom stereocenters. The Morgan fingerprint density at radius 2 is 2.20 bits per heavy atom. The normalized spacial score (nSPS) is 13.5. The second-order valence-corrected chi connectivity index (χ2v) is 2.90. The van der Waals surface area contributed by atoms with Crippen molar-refractivity contribution in [3.8, 4) is 0 Å². The number of nitro groups is 1. The zero-order valence-electron chi connectivity index (χ0n) is 10.5. The van der Waals surface area contributed by atoms with Crippen molar-refractivity contribution in [3.05, 3.63) is 34.4 Å². The molecule has 5 nitrogen and oxygen atoms in total. The van der Waals surface area contributed by atoms with E-state index in [1.807, 2.05) is 0 Å². The maximum atomic E-state index is 11.5. The summed E-state index contributed by atoms with van der Waals surface area (Å²) in [5.41, 5.74) is -0.159. The van der Waals surface area contributed by atoms with Crippen LogP contribution in [0.1, 0.15) is 4.11 Å². The maximum absolute atomic E-state index is 11.5. The summed E-state index contributed by atoms with van der Waals surface area (Å²) in [5.74, 6) is -1.29. The highest BCUT2D eigenvalue weighted by Crippen LogP contribution is 2.18. The molecular formula is C9H9ClN2O3. The largest absolute Gasteiger partial charge is 0.314 e. The molecule has 0 saturated carbocycles. The van der Waals surface area contributed by atoms with Crippen LogP contribution >= 0.6 is 11.6 Å². The molecule has 0 aliphatic heterocycles. The molecule has 0 aliphatic rings. The monoisotopic (exact) mass is 231 g/mol. The molecule has 0 N–H and O–H groups in total. The molecule has 6 heteroatoms. The van der Waals surface area contributed by atoms with Crippen LogP contribution in [-0.2, 0) is 4.79 Å². The number of nitro benzene ring substituents is 1. The lowest BCUT2D eigenvalue weighted by atomic mass is 10.2. The molecule has 0 bridgehead atoms. The number of carbonyl (C=O) groups is 1. The van der Waals surface area contributed by atoms with Crippen LogP contribution in [0.25, 0.3) is 0 Å². The number of halogens is 1. The van der Waals surface area contributed by atoms with Gasteiger partial charge in [-0.2, -0.15) is 0 Å². The minimum Gasteiger partial charge on any atom is -0.314 e. The molecule has 1 amide bonds. The van der Waals surface area contributed by atoms with E-state index in [0.717, 1.165) is 12.1 Å². The van der Waals surface area contributed by atoms with Crippen LogP contribution in [0.2, 0.25) is 0 Å². The van der Waals surface area contributed by atoms with Crippen molar-refractivity contribution in [2.45, 2.75) is 0 Å². The molecule has 15 heavy (non-hydrogen) atoms.